The van der Waals surface area contributed by atoms with Gasteiger partial charge in [0.2, 0.25) is 5.78 Å². The van der Waals surface area contributed by atoms with Crippen molar-refractivity contribution in [3.8, 4) is 0 Å². The smallest absolute Gasteiger partial charge is 0.210 e. The number of carbonyl (C=O) groups is 1. The van der Waals surface area contributed by atoms with Crippen molar-refractivity contribution >= 4 is 27.0 Å². The third-order valence-electron chi connectivity index (χ3n) is 4.58. The van der Waals surface area contributed by atoms with E-state index in [4.69, 9.17) is 4.74 Å². The molecule has 1 atom stereocenters. The Balaban J connectivity index is 2.12. The Morgan fingerprint density at radius 2 is 1.48 bits per heavy atom. The molecule has 27 heavy (non-hydrogen) atoms. The van der Waals surface area contributed by atoms with Crippen LogP contribution in [0.4, 0.5) is 0 Å². The minimum Gasteiger partial charge on any atom is -0.478 e. The van der Waals surface area contributed by atoms with Crippen molar-refractivity contribution in [1.82, 2.24) is 0 Å². The molecule has 1 heterocycles. The lowest BCUT2D eigenvalue weighted by molar-refractivity contribution is -0.125. The minimum atomic E-state index is -3.30. The molecule has 1 aliphatic rings. The number of sulfone groups is 1. The van der Waals surface area contributed by atoms with Crippen LogP contribution in [0.1, 0.15) is 43.6 Å². The van der Waals surface area contributed by atoms with Gasteiger partial charge in [0.1, 0.15) is 5.76 Å². The number of aliphatic hydroxyl groups is 1. The number of Topliss-reactive ketones (excluding diaryl/α,β-unsaturated/α-hetero) is 1. The fraction of sp³-hybridized carbons (Fsp3) is 0.286. The Morgan fingerprint density at radius 3 is 1.96 bits per heavy atom. The summed E-state index contributed by atoms with van der Waals surface area (Å²) in [6, 6.07) is 13.4. The van der Waals surface area contributed by atoms with Gasteiger partial charge >= 0.3 is 0 Å². The van der Waals surface area contributed by atoms with Crippen LogP contribution in [0.3, 0.4) is 0 Å². The Kier molecular flexibility index (Phi) is 4.74. The normalized spacial score (nSPS) is 17.7. The molecule has 1 unspecified atom stereocenters. The van der Waals surface area contributed by atoms with Crippen molar-refractivity contribution in [1.29, 1.82) is 0 Å². The molecule has 3 rings (SSSR count). The molecular formula is C21H22O5S. The lowest BCUT2D eigenvalue weighted by Crippen LogP contribution is -2.29. The van der Waals surface area contributed by atoms with E-state index >= 15 is 0 Å². The fourth-order valence-corrected chi connectivity index (χ4v) is 3.63. The second-order valence-electron chi connectivity index (χ2n) is 7.24. The molecular weight excluding hydrogens is 364 g/mol. The quantitative estimate of drug-likeness (QED) is 0.871. The van der Waals surface area contributed by atoms with Crippen LogP contribution in [0.25, 0.3) is 11.3 Å². The van der Waals surface area contributed by atoms with Gasteiger partial charge in [0.15, 0.2) is 15.4 Å². The van der Waals surface area contributed by atoms with Gasteiger partial charge in [-0.05, 0) is 56.2 Å². The maximum absolute atomic E-state index is 12.9. The fourth-order valence-electron chi connectivity index (χ4n) is 3.00. The van der Waals surface area contributed by atoms with Crippen LogP contribution in [-0.4, -0.2) is 31.2 Å². The first kappa shape index (κ1) is 19.3. The first-order valence-corrected chi connectivity index (χ1v) is 10.5. The SMILES string of the molecule is CC(O)c1ccc(C2=C(c3ccc(S(C)(=O)=O)cc3)OC(C)(C)C2=O)cc1. The van der Waals surface area contributed by atoms with Crippen LogP contribution in [0.5, 0.6) is 0 Å². The summed E-state index contributed by atoms with van der Waals surface area (Å²) in [5.74, 6) is 0.282. The van der Waals surface area contributed by atoms with Crippen molar-refractivity contribution in [2.45, 2.75) is 37.4 Å². The highest BCUT2D eigenvalue weighted by atomic mass is 32.2. The standard InChI is InChI=1S/C21H22O5S/c1-13(22)14-5-7-15(8-6-14)18-19(26-21(2,3)20(18)23)16-9-11-17(12-10-16)27(4,24)25/h5-13,22H,1-4H3. The first-order valence-electron chi connectivity index (χ1n) is 8.58. The second-order valence-corrected chi connectivity index (χ2v) is 9.26. The number of benzene rings is 2. The summed E-state index contributed by atoms with van der Waals surface area (Å²) in [5.41, 5.74) is 1.52. The number of carbonyl (C=O) groups excluding carboxylic acids is 1. The van der Waals surface area contributed by atoms with Gasteiger partial charge in [-0.15, -0.1) is 0 Å². The lowest BCUT2D eigenvalue weighted by atomic mass is 9.92. The van der Waals surface area contributed by atoms with Gasteiger partial charge in [0, 0.05) is 11.8 Å². The first-order chi connectivity index (χ1) is 12.5. The van der Waals surface area contributed by atoms with Crippen molar-refractivity contribution in [3.05, 3.63) is 65.2 Å². The highest BCUT2D eigenvalue weighted by molar-refractivity contribution is 7.90. The molecule has 0 amide bonds. The molecule has 0 saturated heterocycles. The van der Waals surface area contributed by atoms with Gasteiger partial charge < -0.3 is 9.84 Å². The summed E-state index contributed by atoms with van der Waals surface area (Å²) >= 11 is 0. The molecule has 142 valence electrons. The molecule has 2 aromatic rings. The van der Waals surface area contributed by atoms with Gasteiger partial charge in [-0.25, -0.2) is 8.42 Å². The van der Waals surface area contributed by atoms with Gasteiger partial charge in [-0.1, -0.05) is 24.3 Å². The van der Waals surface area contributed by atoms with E-state index < -0.39 is 21.5 Å². The molecule has 0 saturated carbocycles. The summed E-state index contributed by atoms with van der Waals surface area (Å²) in [4.78, 5) is 13.1. The van der Waals surface area contributed by atoms with Crippen molar-refractivity contribution in [2.75, 3.05) is 6.26 Å². The zero-order valence-electron chi connectivity index (χ0n) is 15.7. The average Bonchev–Trinajstić information content (AvgIpc) is 2.84. The van der Waals surface area contributed by atoms with Gasteiger partial charge in [-0.3, -0.25) is 4.79 Å². The monoisotopic (exact) mass is 386 g/mol. The average molecular weight is 386 g/mol. The highest BCUT2D eigenvalue weighted by Crippen LogP contribution is 2.41. The van der Waals surface area contributed by atoms with E-state index in [9.17, 15) is 18.3 Å². The predicted molar refractivity (Wildman–Crippen MR) is 104 cm³/mol. The van der Waals surface area contributed by atoms with Crippen LogP contribution < -0.4 is 0 Å². The van der Waals surface area contributed by atoms with Gasteiger partial charge in [0.25, 0.3) is 0 Å². The van der Waals surface area contributed by atoms with E-state index in [0.717, 1.165) is 11.8 Å². The summed E-state index contributed by atoms with van der Waals surface area (Å²) in [5, 5.41) is 9.68. The molecule has 2 aromatic carbocycles. The maximum Gasteiger partial charge on any atom is 0.210 e. The Morgan fingerprint density at radius 1 is 0.963 bits per heavy atom. The second kappa shape index (κ2) is 6.62. The third kappa shape index (κ3) is 3.68. The largest absolute Gasteiger partial charge is 0.478 e. The van der Waals surface area contributed by atoms with Gasteiger partial charge in [0.05, 0.1) is 16.6 Å². The number of aliphatic hydroxyl groups excluding tert-OH is 1. The van der Waals surface area contributed by atoms with E-state index in [1.165, 1.54) is 12.1 Å². The molecule has 1 aliphatic heterocycles. The Labute approximate surface area is 159 Å². The number of ether oxygens (including phenoxy) is 1. The zero-order valence-corrected chi connectivity index (χ0v) is 16.5. The molecule has 0 radical (unpaired) electrons. The molecule has 0 aromatic heterocycles. The Bertz CT molecular complexity index is 1010. The molecule has 0 spiro atoms. The summed E-state index contributed by atoms with van der Waals surface area (Å²) in [6.07, 6.45) is 0.553. The van der Waals surface area contributed by atoms with Gasteiger partial charge in [-0.2, -0.15) is 0 Å². The van der Waals surface area contributed by atoms with E-state index in [-0.39, 0.29) is 10.7 Å². The van der Waals surface area contributed by atoms with Crippen LogP contribution in [-0.2, 0) is 19.4 Å². The van der Waals surface area contributed by atoms with Crippen LogP contribution in [0.15, 0.2) is 53.4 Å². The summed E-state index contributed by atoms with van der Waals surface area (Å²) < 4.78 is 29.3. The number of hydrogen-bond donors (Lipinski definition) is 1. The zero-order chi connectivity index (χ0) is 20.0. The van der Waals surface area contributed by atoms with Crippen LogP contribution >= 0.6 is 0 Å². The van der Waals surface area contributed by atoms with Crippen molar-refractivity contribution in [3.63, 3.8) is 0 Å². The number of hydrogen-bond acceptors (Lipinski definition) is 5. The summed E-state index contributed by atoms with van der Waals surface area (Å²) in [6.45, 7) is 5.09. The van der Waals surface area contributed by atoms with Crippen LogP contribution in [0, 0.1) is 0 Å². The maximum atomic E-state index is 12.9. The topological polar surface area (TPSA) is 80.7 Å². The molecule has 5 nitrogen and oxygen atoms in total. The third-order valence-corrected chi connectivity index (χ3v) is 5.71. The molecule has 0 fully saturated rings. The van der Waals surface area contributed by atoms with Crippen molar-refractivity contribution in [2.24, 2.45) is 0 Å². The highest BCUT2D eigenvalue weighted by Gasteiger charge is 2.42. The summed E-state index contributed by atoms with van der Waals surface area (Å²) in [7, 11) is -3.30. The number of ketones is 1. The Hall–Kier alpha value is -2.44. The van der Waals surface area contributed by atoms with E-state index in [0.29, 0.717) is 22.5 Å². The molecule has 0 bridgehead atoms. The van der Waals surface area contributed by atoms with E-state index in [2.05, 4.69) is 0 Å². The molecule has 0 aliphatic carbocycles. The lowest BCUT2D eigenvalue weighted by Gasteiger charge is -2.17. The molecule has 1 N–H and O–H groups in total. The minimum absolute atomic E-state index is 0.144. The van der Waals surface area contributed by atoms with Crippen LogP contribution in [0.2, 0.25) is 0 Å². The van der Waals surface area contributed by atoms with E-state index in [1.54, 1.807) is 57.2 Å². The number of rotatable bonds is 4. The van der Waals surface area contributed by atoms with E-state index in [1.807, 2.05) is 0 Å². The predicted octanol–water partition coefficient (Wildman–Crippen LogP) is 3.39. The van der Waals surface area contributed by atoms with Crippen molar-refractivity contribution < 1.29 is 23.1 Å². The molecule has 6 heteroatoms.